The minimum absolute atomic E-state index is 0.0957. The van der Waals surface area contributed by atoms with Gasteiger partial charge in [-0.2, -0.15) is 0 Å². The molecule has 0 saturated heterocycles. The van der Waals surface area contributed by atoms with Gasteiger partial charge in [-0.1, -0.05) is 6.92 Å². The number of anilines is 1. The monoisotopic (exact) mass is 291 g/mol. The smallest absolute Gasteiger partial charge is 0.337 e. The molecule has 0 saturated carbocycles. The molecular weight excluding hydrogens is 282 g/mol. The molecule has 0 fully saturated rings. The Morgan fingerprint density at radius 1 is 1.67 bits per heavy atom. The molecule has 0 radical (unpaired) electrons. The van der Waals surface area contributed by atoms with Gasteiger partial charge in [0, 0.05) is 4.47 Å². The molecule has 1 aromatic carbocycles. The Hall–Kier alpha value is -0.880. The summed E-state index contributed by atoms with van der Waals surface area (Å²) in [5.74, 6) is -0.567. The van der Waals surface area contributed by atoms with Crippen molar-refractivity contribution in [2.45, 2.75) is 11.8 Å². The SMILES string of the molecule is CCSc1c(Br)cc(C(=O)O)c(N)c1O. The molecule has 4 nitrogen and oxygen atoms in total. The van der Waals surface area contributed by atoms with Crippen LogP contribution in [0.25, 0.3) is 0 Å². The van der Waals surface area contributed by atoms with Crippen molar-refractivity contribution in [3.05, 3.63) is 16.1 Å². The highest BCUT2D eigenvalue weighted by Crippen LogP contribution is 2.41. The molecule has 15 heavy (non-hydrogen) atoms. The molecule has 0 aromatic heterocycles. The number of phenols is 1. The summed E-state index contributed by atoms with van der Waals surface area (Å²) in [7, 11) is 0. The van der Waals surface area contributed by atoms with Crippen molar-refractivity contribution in [1.82, 2.24) is 0 Å². The molecule has 0 aliphatic rings. The van der Waals surface area contributed by atoms with Crippen molar-refractivity contribution in [3.63, 3.8) is 0 Å². The minimum atomic E-state index is -1.16. The van der Waals surface area contributed by atoms with Gasteiger partial charge >= 0.3 is 5.97 Å². The van der Waals surface area contributed by atoms with E-state index in [2.05, 4.69) is 15.9 Å². The summed E-state index contributed by atoms with van der Waals surface area (Å²) in [5, 5.41) is 18.5. The van der Waals surface area contributed by atoms with E-state index in [1.54, 1.807) is 0 Å². The van der Waals surface area contributed by atoms with Crippen LogP contribution in [0.1, 0.15) is 17.3 Å². The lowest BCUT2D eigenvalue weighted by Gasteiger charge is -2.10. The summed E-state index contributed by atoms with van der Waals surface area (Å²) >= 11 is 4.59. The summed E-state index contributed by atoms with van der Waals surface area (Å²) in [4.78, 5) is 11.3. The van der Waals surface area contributed by atoms with Gasteiger partial charge in [0.25, 0.3) is 0 Å². The highest BCUT2D eigenvalue weighted by atomic mass is 79.9. The van der Waals surface area contributed by atoms with Crippen molar-refractivity contribution in [3.8, 4) is 5.75 Å². The Balaban J connectivity index is 3.37. The predicted octanol–water partition coefficient (Wildman–Crippen LogP) is 2.55. The van der Waals surface area contributed by atoms with E-state index in [9.17, 15) is 9.90 Å². The molecule has 0 unspecified atom stereocenters. The number of benzene rings is 1. The molecule has 6 heteroatoms. The van der Waals surface area contributed by atoms with Gasteiger partial charge in [0.15, 0.2) is 5.75 Å². The van der Waals surface area contributed by atoms with Crippen LogP contribution >= 0.6 is 27.7 Å². The van der Waals surface area contributed by atoms with Crippen molar-refractivity contribution in [1.29, 1.82) is 0 Å². The van der Waals surface area contributed by atoms with Crippen LogP contribution in [-0.2, 0) is 0 Å². The van der Waals surface area contributed by atoms with Gasteiger partial charge in [-0.3, -0.25) is 0 Å². The van der Waals surface area contributed by atoms with Gasteiger partial charge in [0.1, 0.15) is 0 Å². The molecule has 0 bridgehead atoms. The van der Waals surface area contributed by atoms with Crippen LogP contribution in [0.2, 0.25) is 0 Å². The van der Waals surface area contributed by atoms with E-state index >= 15 is 0 Å². The number of nitrogens with two attached hydrogens (primary N) is 1. The van der Waals surface area contributed by atoms with E-state index in [-0.39, 0.29) is 17.0 Å². The lowest BCUT2D eigenvalue weighted by molar-refractivity contribution is 0.0697. The van der Waals surface area contributed by atoms with Crippen LogP contribution in [0.4, 0.5) is 5.69 Å². The fourth-order valence-corrected chi connectivity index (χ4v) is 2.58. The van der Waals surface area contributed by atoms with Crippen LogP contribution in [0.5, 0.6) is 5.75 Å². The molecule has 1 aromatic rings. The van der Waals surface area contributed by atoms with Crippen LogP contribution in [-0.4, -0.2) is 21.9 Å². The molecular formula is C9H10BrNO3S. The van der Waals surface area contributed by atoms with Crippen LogP contribution < -0.4 is 5.73 Å². The standard InChI is InChI=1S/C9H10BrNO3S/c1-2-15-8-5(10)3-4(9(13)14)6(11)7(8)12/h3,12H,2,11H2,1H3,(H,13,14). The van der Waals surface area contributed by atoms with Gasteiger partial charge in [0.2, 0.25) is 0 Å². The van der Waals surface area contributed by atoms with E-state index in [1.807, 2.05) is 6.92 Å². The number of carboxylic acid groups (broad SMARTS) is 1. The molecule has 82 valence electrons. The first kappa shape index (κ1) is 12.2. The van der Waals surface area contributed by atoms with Gasteiger partial charge in [-0.25, -0.2) is 4.79 Å². The van der Waals surface area contributed by atoms with Crippen LogP contribution in [0.15, 0.2) is 15.4 Å². The Kier molecular flexibility index (Phi) is 3.87. The van der Waals surface area contributed by atoms with Gasteiger partial charge < -0.3 is 15.9 Å². The molecule has 4 N–H and O–H groups in total. The second-order valence-corrected chi connectivity index (χ2v) is 4.86. The number of nitrogen functional groups attached to an aromatic ring is 1. The van der Waals surface area contributed by atoms with Crippen molar-refractivity contribution >= 4 is 39.3 Å². The number of phenolic OH excluding ortho intramolecular Hbond substituents is 1. The highest BCUT2D eigenvalue weighted by molar-refractivity contribution is 9.10. The highest BCUT2D eigenvalue weighted by Gasteiger charge is 2.18. The van der Waals surface area contributed by atoms with Crippen molar-refractivity contribution in [2.24, 2.45) is 0 Å². The molecule has 1 rings (SSSR count). The lowest BCUT2D eigenvalue weighted by Crippen LogP contribution is -2.03. The largest absolute Gasteiger partial charge is 0.505 e. The van der Waals surface area contributed by atoms with E-state index < -0.39 is 5.97 Å². The van der Waals surface area contributed by atoms with Gasteiger partial charge in [0.05, 0.1) is 16.1 Å². The van der Waals surface area contributed by atoms with Crippen LogP contribution in [0, 0.1) is 0 Å². The van der Waals surface area contributed by atoms with Gasteiger partial charge in [-0.15, -0.1) is 11.8 Å². The third kappa shape index (κ3) is 2.38. The van der Waals surface area contributed by atoms with E-state index in [4.69, 9.17) is 10.8 Å². The molecule has 0 heterocycles. The third-order valence-corrected chi connectivity index (χ3v) is 3.65. The zero-order valence-corrected chi connectivity index (χ0v) is 10.4. The number of carboxylic acids is 1. The minimum Gasteiger partial charge on any atom is -0.505 e. The maximum atomic E-state index is 10.8. The molecule has 0 aliphatic heterocycles. The summed E-state index contributed by atoms with van der Waals surface area (Å²) in [6.45, 7) is 1.93. The molecule has 0 atom stereocenters. The molecule has 0 aliphatic carbocycles. The number of aromatic carboxylic acids is 1. The number of halogens is 1. The van der Waals surface area contributed by atoms with Crippen molar-refractivity contribution < 1.29 is 15.0 Å². The van der Waals surface area contributed by atoms with Crippen molar-refractivity contribution in [2.75, 3.05) is 11.5 Å². The number of carbonyl (C=O) groups is 1. The van der Waals surface area contributed by atoms with E-state index in [1.165, 1.54) is 17.8 Å². The normalized spacial score (nSPS) is 10.3. The van der Waals surface area contributed by atoms with E-state index in [0.29, 0.717) is 9.37 Å². The van der Waals surface area contributed by atoms with Gasteiger partial charge in [-0.05, 0) is 27.7 Å². The molecule has 0 amide bonds. The number of aromatic hydroxyl groups is 1. The summed E-state index contributed by atoms with van der Waals surface area (Å²) in [5.41, 5.74) is 5.33. The predicted molar refractivity (Wildman–Crippen MR) is 63.6 cm³/mol. The maximum absolute atomic E-state index is 10.8. The first-order valence-electron chi connectivity index (χ1n) is 4.16. The van der Waals surface area contributed by atoms with E-state index in [0.717, 1.165) is 5.75 Å². The zero-order valence-electron chi connectivity index (χ0n) is 7.95. The summed E-state index contributed by atoms with van der Waals surface area (Å²) in [6.07, 6.45) is 0. The summed E-state index contributed by atoms with van der Waals surface area (Å²) in [6, 6.07) is 1.40. The Bertz CT molecular complexity index is 409. The first-order valence-corrected chi connectivity index (χ1v) is 5.93. The Labute approximate surface area is 99.6 Å². The average Bonchev–Trinajstić information content (AvgIpc) is 2.18. The fraction of sp³-hybridized carbons (Fsp3) is 0.222. The quantitative estimate of drug-likeness (QED) is 0.453. The second kappa shape index (κ2) is 4.76. The Morgan fingerprint density at radius 2 is 2.27 bits per heavy atom. The zero-order chi connectivity index (χ0) is 11.6. The number of hydrogen-bond donors (Lipinski definition) is 3. The fourth-order valence-electron chi connectivity index (χ4n) is 1.09. The number of rotatable bonds is 3. The topological polar surface area (TPSA) is 83.5 Å². The molecule has 0 spiro atoms. The number of thioether (sulfide) groups is 1. The second-order valence-electron chi connectivity index (χ2n) is 2.74. The summed E-state index contributed by atoms with van der Waals surface area (Å²) < 4.78 is 0.540. The lowest BCUT2D eigenvalue weighted by atomic mass is 10.1. The van der Waals surface area contributed by atoms with Crippen LogP contribution in [0.3, 0.4) is 0 Å². The average molecular weight is 292 g/mol. The number of hydrogen-bond acceptors (Lipinski definition) is 4. The Morgan fingerprint density at radius 3 is 2.73 bits per heavy atom. The first-order chi connectivity index (χ1) is 6.99. The maximum Gasteiger partial charge on any atom is 0.337 e. The third-order valence-electron chi connectivity index (χ3n) is 1.77.